The summed E-state index contributed by atoms with van der Waals surface area (Å²) >= 11 is 1.26. The maximum absolute atomic E-state index is 12.3. The third-order valence-electron chi connectivity index (χ3n) is 4.70. The molecule has 0 radical (unpaired) electrons. The van der Waals surface area contributed by atoms with E-state index in [0.29, 0.717) is 24.1 Å². The maximum atomic E-state index is 12.3. The summed E-state index contributed by atoms with van der Waals surface area (Å²) in [6, 6.07) is 7.09. The van der Waals surface area contributed by atoms with Crippen molar-refractivity contribution in [2.45, 2.75) is 49.7 Å². The minimum atomic E-state index is -0.524. The second-order valence-electron chi connectivity index (χ2n) is 6.89. The van der Waals surface area contributed by atoms with E-state index < -0.39 is 11.3 Å². The number of thioether (sulfide) groups is 1. The fourth-order valence-corrected chi connectivity index (χ4v) is 3.97. The van der Waals surface area contributed by atoms with Crippen LogP contribution >= 0.6 is 11.8 Å². The first-order chi connectivity index (χ1) is 14.5. The first kappa shape index (κ1) is 22.1. The highest BCUT2D eigenvalue weighted by Gasteiger charge is 2.25. The minimum Gasteiger partial charge on any atom is -0.497 e. The molecule has 1 aliphatic heterocycles. The van der Waals surface area contributed by atoms with E-state index in [1.165, 1.54) is 11.8 Å². The average Bonchev–Trinajstić information content (AvgIpc) is 3.39. The van der Waals surface area contributed by atoms with Crippen LogP contribution in [-0.4, -0.2) is 58.3 Å². The Kier molecular flexibility index (Phi) is 7.69. The highest BCUT2D eigenvalue weighted by molar-refractivity contribution is 8.00. The molecule has 0 aliphatic carbocycles. The van der Waals surface area contributed by atoms with Gasteiger partial charge in [-0.1, -0.05) is 11.8 Å². The summed E-state index contributed by atoms with van der Waals surface area (Å²) in [5.41, 5.74) is 0.896. The topological polar surface area (TPSA) is 107 Å². The maximum Gasteiger partial charge on any atom is 0.321 e. The summed E-state index contributed by atoms with van der Waals surface area (Å²) in [7, 11) is 1.62. The minimum absolute atomic E-state index is 0.0804. The Morgan fingerprint density at radius 2 is 2.10 bits per heavy atom. The Bertz CT molecular complexity index is 865. The number of methoxy groups -OCH3 is 1. The number of carbonyl (C=O) groups is 2. The van der Waals surface area contributed by atoms with Crippen molar-refractivity contribution in [3.05, 3.63) is 24.3 Å². The molecule has 3 rings (SSSR count). The molecule has 1 aromatic heterocycles. The average molecular weight is 434 g/mol. The van der Waals surface area contributed by atoms with Crippen LogP contribution in [0.1, 0.15) is 26.7 Å². The molecule has 1 fully saturated rings. The van der Waals surface area contributed by atoms with Crippen LogP contribution < -0.4 is 15.4 Å². The summed E-state index contributed by atoms with van der Waals surface area (Å²) in [5, 5.41) is 13.7. The number of nitrogens with zero attached hydrogens (tertiary/aromatic N) is 3. The van der Waals surface area contributed by atoms with Gasteiger partial charge in [0, 0.05) is 18.7 Å². The molecule has 0 saturated carbocycles. The second-order valence-corrected chi connectivity index (χ2v) is 8.20. The van der Waals surface area contributed by atoms with Gasteiger partial charge in [0.15, 0.2) is 11.0 Å². The lowest BCUT2D eigenvalue weighted by Crippen LogP contribution is -2.42. The molecule has 0 spiro atoms. The van der Waals surface area contributed by atoms with Gasteiger partial charge < -0.3 is 14.8 Å². The zero-order chi connectivity index (χ0) is 21.5. The van der Waals surface area contributed by atoms with Crippen molar-refractivity contribution in [1.29, 1.82) is 0 Å². The summed E-state index contributed by atoms with van der Waals surface area (Å²) in [5.74, 6) is 1.07. The number of benzene rings is 1. The monoisotopic (exact) mass is 433 g/mol. The van der Waals surface area contributed by atoms with Gasteiger partial charge in [-0.15, -0.1) is 10.2 Å². The second kappa shape index (κ2) is 10.4. The summed E-state index contributed by atoms with van der Waals surface area (Å²) in [6.45, 7) is 5.31. The van der Waals surface area contributed by atoms with E-state index in [1.54, 1.807) is 21.0 Å². The van der Waals surface area contributed by atoms with Crippen molar-refractivity contribution < 1.29 is 19.1 Å². The Morgan fingerprint density at radius 3 is 2.73 bits per heavy atom. The summed E-state index contributed by atoms with van der Waals surface area (Å²) in [6.07, 6.45) is 2.08. The highest BCUT2D eigenvalue weighted by atomic mass is 32.2. The van der Waals surface area contributed by atoms with Crippen LogP contribution in [0.3, 0.4) is 0 Å². The van der Waals surface area contributed by atoms with Gasteiger partial charge in [0.05, 0.1) is 25.0 Å². The SMILES string of the molecule is CCNC(=O)NC(=O)C(C)Sc1nnc(-c2ccc(OC)cc2)n1CC1CCCO1. The van der Waals surface area contributed by atoms with Gasteiger partial charge in [-0.05, 0) is 51.0 Å². The number of amides is 3. The molecule has 2 atom stereocenters. The lowest BCUT2D eigenvalue weighted by atomic mass is 10.2. The molecule has 2 heterocycles. The molecule has 1 saturated heterocycles. The molecule has 3 amide bonds. The molecule has 1 aliphatic rings. The van der Waals surface area contributed by atoms with Crippen LogP contribution in [0.15, 0.2) is 29.4 Å². The highest BCUT2D eigenvalue weighted by Crippen LogP contribution is 2.29. The van der Waals surface area contributed by atoms with E-state index in [2.05, 4.69) is 20.8 Å². The van der Waals surface area contributed by atoms with Crippen molar-refractivity contribution in [3.8, 4) is 17.1 Å². The zero-order valence-electron chi connectivity index (χ0n) is 17.4. The molecular formula is C20H27N5O4S. The van der Waals surface area contributed by atoms with Crippen molar-refractivity contribution in [1.82, 2.24) is 25.4 Å². The zero-order valence-corrected chi connectivity index (χ0v) is 18.2. The fourth-order valence-electron chi connectivity index (χ4n) is 3.12. The molecule has 9 nitrogen and oxygen atoms in total. The number of hydrogen-bond donors (Lipinski definition) is 2. The van der Waals surface area contributed by atoms with Gasteiger partial charge in [-0.3, -0.25) is 14.7 Å². The Balaban J connectivity index is 1.81. The molecule has 0 bridgehead atoms. The molecule has 10 heteroatoms. The predicted octanol–water partition coefficient (Wildman–Crippen LogP) is 2.46. The third-order valence-corrected chi connectivity index (χ3v) is 5.78. The Morgan fingerprint density at radius 1 is 1.33 bits per heavy atom. The molecule has 2 N–H and O–H groups in total. The van der Waals surface area contributed by atoms with E-state index in [9.17, 15) is 9.59 Å². The van der Waals surface area contributed by atoms with E-state index in [-0.39, 0.29) is 12.0 Å². The quantitative estimate of drug-likeness (QED) is 0.616. The number of ether oxygens (including phenoxy) is 2. The van der Waals surface area contributed by atoms with E-state index in [1.807, 2.05) is 28.8 Å². The number of imide groups is 1. The largest absolute Gasteiger partial charge is 0.497 e. The van der Waals surface area contributed by atoms with Crippen LogP contribution in [0.2, 0.25) is 0 Å². The van der Waals surface area contributed by atoms with Crippen molar-refractivity contribution in [3.63, 3.8) is 0 Å². The number of hydrogen-bond acceptors (Lipinski definition) is 7. The fraction of sp³-hybridized carbons (Fsp3) is 0.500. The van der Waals surface area contributed by atoms with E-state index in [4.69, 9.17) is 9.47 Å². The third kappa shape index (κ3) is 5.51. The van der Waals surface area contributed by atoms with E-state index in [0.717, 1.165) is 30.8 Å². The molecule has 1 aromatic carbocycles. The van der Waals surface area contributed by atoms with Gasteiger partial charge in [0.2, 0.25) is 5.91 Å². The summed E-state index contributed by atoms with van der Waals surface area (Å²) < 4.78 is 13.0. The van der Waals surface area contributed by atoms with Crippen LogP contribution in [0.4, 0.5) is 4.79 Å². The lowest BCUT2D eigenvalue weighted by molar-refractivity contribution is -0.119. The van der Waals surface area contributed by atoms with Gasteiger partial charge in [0.25, 0.3) is 0 Å². The molecule has 30 heavy (non-hydrogen) atoms. The van der Waals surface area contributed by atoms with Gasteiger partial charge in [-0.2, -0.15) is 0 Å². The van der Waals surface area contributed by atoms with Gasteiger partial charge in [-0.25, -0.2) is 4.79 Å². The first-order valence-electron chi connectivity index (χ1n) is 9.96. The number of carbonyl (C=O) groups excluding carboxylic acids is 2. The van der Waals surface area contributed by atoms with Gasteiger partial charge >= 0.3 is 6.03 Å². The normalized spacial score (nSPS) is 16.8. The Labute approximate surface area is 179 Å². The lowest BCUT2D eigenvalue weighted by Gasteiger charge is -2.16. The van der Waals surface area contributed by atoms with Crippen LogP contribution in [0.5, 0.6) is 5.75 Å². The van der Waals surface area contributed by atoms with E-state index >= 15 is 0 Å². The number of urea groups is 1. The number of rotatable bonds is 8. The van der Waals surface area contributed by atoms with Gasteiger partial charge in [0.1, 0.15) is 5.75 Å². The smallest absolute Gasteiger partial charge is 0.321 e. The molecule has 2 unspecified atom stereocenters. The van der Waals surface area contributed by atoms with Crippen molar-refractivity contribution >= 4 is 23.7 Å². The van der Waals surface area contributed by atoms with Crippen molar-refractivity contribution in [2.24, 2.45) is 0 Å². The first-order valence-corrected chi connectivity index (χ1v) is 10.8. The molecule has 162 valence electrons. The van der Waals surface area contributed by atoms with Crippen LogP contribution in [-0.2, 0) is 16.1 Å². The molecule has 2 aromatic rings. The Hall–Kier alpha value is -2.59. The summed E-state index contributed by atoms with van der Waals surface area (Å²) in [4.78, 5) is 24.0. The van der Waals surface area contributed by atoms with Crippen LogP contribution in [0, 0.1) is 0 Å². The predicted molar refractivity (Wildman–Crippen MR) is 114 cm³/mol. The molecular weight excluding hydrogens is 406 g/mol. The standard InChI is InChI=1S/C20H27N5O4S/c1-4-21-19(27)22-18(26)13(2)30-20-24-23-17(14-7-9-15(28-3)10-8-14)25(20)12-16-6-5-11-29-16/h7-10,13,16H,4-6,11-12H2,1-3H3,(H2,21,22,26,27). The number of aromatic nitrogens is 3. The number of nitrogens with one attached hydrogen (secondary N) is 2. The van der Waals surface area contributed by atoms with Crippen molar-refractivity contribution in [2.75, 3.05) is 20.3 Å². The van der Waals surface area contributed by atoms with Crippen LogP contribution in [0.25, 0.3) is 11.4 Å².